The fourth-order valence-corrected chi connectivity index (χ4v) is 2.00. The van der Waals surface area contributed by atoms with Crippen LogP contribution in [-0.4, -0.2) is 26.6 Å². The lowest BCUT2D eigenvalue weighted by molar-refractivity contribution is 0.0917. The highest BCUT2D eigenvalue weighted by molar-refractivity contribution is 5.97. The van der Waals surface area contributed by atoms with Crippen LogP contribution in [0.5, 0.6) is 17.2 Å². The normalized spacial score (nSPS) is 10.0. The average molecular weight is 286 g/mol. The van der Waals surface area contributed by atoms with E-state index in [9.17, 15) is 4.79 Å². The highest BCUT2D eigenvalue weighted by Gasteiger charge is 2.15. The molecule has 2 rings (SSSR count). The van der Waals surface area contributed by atoms with Crippen LogP contribution in [0.2, 0.25) is 0 Å². The molecule has 0 saturated carbocycles. The molecule has 0 fully saturated rings. The predicted molar refractivity (Wildman–Crippen MR) is 80.6 cm³/mol. The van der Waals surface area contributed by atoms with Crippen LogP contribution in [0.3, 0.4) is 0 Å². The summed E-state index contributed by atoms with van der Waals surface area (Å²) < 4.78 is 16.2. The molecule has 0 atom stereocenters. The molecule has 110 valence electrons. The lowest BCUT2D eigenvalue weighted by Crippen LogP contribution is -2.12. The van der Waals surface area contributed by atoms with Gasteiger partial charge in [-0.25, -0.2) is 0 Å². The van der Waals surface area contributed by atoms with E-state index < -0.39 is 0 Å². The number of ketones is 1. The van der Waals surface area contributed by atoms with Crippen molar-refractivity contribution in [2.75, 3.05) is 20.8 Å². The summed E-state index contributed by atoms with van der Waals surface area (Å²) in [6.45, 7) is 1.86. The highest BCUT2D eigenvalue weighted by Crippen LogP contribution is 2.38. The van der Waals surface area contributed by atoms with Gasteiger partial charge in [-0.05, 0) is 24.6 Å². The van der Waals surface area contributed by atoms with Gasteiger partial charge in [-0.2, -0.15) is 0 Å². The minimum Gasteiger partial charge on any atom is -0.493 e. The van der Waals surface area contributed by atoms with Crippen molar-refractivity contribution in [3.63, 3.8) is 0 Å². The van der Waals surface area contributed by atoms with Gasteiger partial charge in [-0.1, -0.05) is 30.3 Å². The van der Waals surface area contributed by atoms with Crippen molar-refractivity contribution in [2.24, 2.45) is 0 Å². The summed E-state index contributed by atoms with van der Waals surface area (Å²) in [6.07, 6.45) is 0. The summed E-state index contributed by atoms with van der Waals surface area (Å²) in [7, 11) is 3.11. The highest BCUT2D eigenvalue weighted by atomic mass is 16.5. The Balaban J connectivity index is 2.18. The summed E-state index contributed by atoms with van der Waals surface area (Å²) in [6, 6.07) is 12.7. The second-order valence-corrected chi connectivity index (χ2v) is 4.58. The van der Waals surface area contributed by atoms with Crippen molar-refractivity contribution in [1.82, 2.24) is 0 Å². The average Bonchev–Trinajstić information content (AvgIpc) is 2.53. The lowest BCUT2D eigenvalue weighted by Gasteiger charge is -2.14. The monoisotopic (exact) mass is 286 g/mol. The van der Waals surface area contributed by atoms with Crippen molar-refractivity contribution in [1.29, 1.82) is 0 Å². The SMILES string of the molecule is COc1cc(C)cc(OC)c1OCC(=O)c1ccccc1. The number of methoxy groups -OCH3 is 2. The molecule has 0 N–H and O–H groups in total. The second kappa shape index (κ2) is 6.79. The molecule has 0 unspecified atom stereocenters. The first-order valence-corrected chi connectivity index (χ1v) is 6.59. The van der Waals surface area contributed by atoms with Crippen molar-refractivity contribution >= 4 is 5.78 Å². The van der Waals surface area contributed by atoms with Crippen LogP contribution in [0.25, 0.3) is 0 Å². The molecule has 0 radical (unpaired) electrons. The van der Waals surface area contributed by atoms with Crippen LogP contribution in [0.15, 0.2) is 42.5 Å². The van der Waals surface area contributed by atoms with Crippen LogP contribution < -0.4 is 14.2 Å². The van der Waals surface area contributed by atoms with E-state index in [2.05, 4.69) is 0 Å². The lowest BCUT2D eigenvalue weighted by atomic mass is 10.1. The molecule has 0 aliphatic rings. The molecule has 4 heteroatoms. The number of carbonyl (C=O) groups is 1. The first kappa shape index (κ1) is 14.9. The van der Waals surface area contributed by atoms with E-state index in [1.54, 1.807) is 26.4 Å². The zero-order valence-corrected chi connectivity index (χ0v) is 12.4. The molecule has 0 bridgehead atoms. The van der Waals surface area contributed by atoms with Crippen LogP contribution in [0, 0.1) is 6.92 Å². The number of benzene rings is 2. The third-order valence-corrected chi connectivity index (χ3v) is 3.05. The Morgan fingerprint density at radius 3 is 2.10 bits per heavy atom. The molecule has 0 heterocycles. The number of ether oxygens (including phenoxy) is 3. The van der Waals surface area contributed by atoms with E-state index in [4.69, 9.17) is 14.2 Å². The van der Waals surface area contributed by atoms with Crippen molar-refractivity contribution in [3.8, 4) is 17.2 Å². The molecular weight excluding hydrogens is 268 g/mol. The minimum atomic E-state index is -0.0970. The van der Waals surface area contributed by atoms with Crippen molar-refractivity contribution in [3.05, 3.63) is 53.6 Å². The Labute approximate surface area is 124 Å². The maximum atomic E-state index is 12.1. The Morgan fingerprint density at radius 1 is 1.00 bits per heavy atom. The Bertz CT molecular complexity index is 595. The molecular formula is C17H18O4. The number of aryl methyl sites for hydroxylation is 1. The maximum Gasteiger partial charge on any atom is 0.204 e. The van der Waals surface area contributed by atoms with Crippen LogP contribution in [-0.2, 0) is 0 Å². The molecule has 2 aromatic carbocycles. The summed E-state index contributed by atoms with van der Waals surface area (Å²) in [4.78, 5) is 12.1. The number of hydrogen-bond donors (Lipinski definition) is 0. The maximum absolute atomic E-state index is 12.1. The van der Waals surface area contributed by atoms with Gasteiger partial charge in [-0.15, -0.1) is 0 Å². The van der Waals surface area contributed by atoms with Crippen molar-refractivity contribution in [2.45, 2.75) is 6.92 Å². The molecule has 0 spiro atoms. The van der Waals surface area contributed by atoms with Crippen LogP contribution in [0.4, 0.5) is 0 Å². The number of carbonyl (C=O) groups excluding carboxylic acids is 1. The van der Waals surface area contributed by atoms with Gasteiger partial charge in [0.2, 0.25) is 5.75 Å². The number of rotatable bonds is 6. The van der Waals surface area contributed by atoms with E-state index in [1.165, 1.54) is 0 Å². The zero-order chi connectivity index (χ0) is 15.2. The third-order valence-electron chi connectivity index (χ3n) is 3.05. The fraction of sp³-hybridized carbons (Fsp3) is 0.235. The molecule has 4 nitrogen and oxygen atoms in total. The van der Waals surface area contributed by atoms with Gasteiger partial charge in [0, 0.05) is 5.56 Å². The quantitative estimate of drug-likeness (QED) is 0.764. The molecule has 0 aromatic heterocycles. The van der Waals surface area contributed by atoms with Gasteiger partial charge in [0.05, 0.1) is 14.2 Å². The minimum absolute atomic E-state index is 0.0696. The van der Waals surface area contributed by atoms with Crippen molar-refractivity contribution < 1.29 is 19.0 Å². The molecule has 0 aliphatic carbocycles. The number of Topliss-reactive ketones (excluding diaryl/α,β-unsaturated/α-hetero) is 1. The van der Waals surface area contributed by atoms with Crippen LogP contribution in [0.1, 0.15) is 15.9 Å². The predicted octanol–water partition coefficient (Wildman–Crippen LogP) is 3.27. The van der Waals surface area contributed by atoms with Gasteiger partial charge in [0.1, 0.15) is 0 Å². The van der Waals surface area contributed by atoms with E-state index >= 15 is 0 Å². The molecule has 0 saturated heterocycles. The first-order valence-electron chi connectivity index (χ1n) is 6.59. The van der Waals surface area contributed by atoms with Gasteiger partial charge >= 0.3 is 0 Å². The molecule has 21 heavy (non-hydrogen) atoms. The van der Waals surface area contributed by atoms with Gasteiger partial charge in [0.25, 0.3) is 0 Å². The van der Waals surface area contributed by atoms with E-state index in [0.29, 0.717) is 22.8 Å². The first-order chi connectivity index (χ1) is 10.2. The van der Waals surface area contributed by atoms with E-state index in [1.807, 2.05) is 37.3 Å². The smallest absolute Gasteiger partial charge is 0.204 e. The van der Waals surface area contributed by atoms with Crippen LogP contribution >= 0.6 is 0 Å². The molecule has 0 aliphatic heterocycles. The van der Waals surface area contributed by atoms with E-state index in [0.717, 1.165) is 5.56 Å². The number of hydrogen-bond acceptors (Lipinski definition) is 4. The Hall–Kier alpha value is -2.49. The second-order valence-electron chi connectivity index (χ2n) is 4.58. The van der Waals surface area contributed by atoms with Gasteiger partial charge in [-0.3, -0.25) is 4.79 Å². The standard InChI is InChI=1S/C17H18O4/c1-12-9-15(19-2)17(16(10-12)20-3)21-11-14(18)13-7-5-4-6-8-13/h4-10H,11H2,1-3H3. The summed E-state index contributed by atoms with van der Waals surface area (Å²) in [5.74, 6) is 1.44. The topological polar surface area (TPSA) is 44.8 Å². The summed E-state index contributed by atoms with van der Waals surface area (Å²) in [5.41, 5.74) is 1.60. The zero-order valence-electron chi connectivity index (χ0n) is 12.4. The Kier molecular flexibility index (Phi) is 4.82. The largest absolute Gasteiger partial charge is 0.493 e. The van der Waals surface area contributed by atoms with E-state index in [-0.39, 0.29) is 12.4 Å². The van der Waals surface area contributed by atoms with Gasteiger partial charge < -0.3 is 14.2 Å². The fourth-order valence-electron chi connectivity index (χ4n) is 2.00. The molecule has 0 amide bonds. The summed E-state index contributed by atoms with van der Waals surface area (Å²) in [5, 5.41) is 0. The summed E-state index contributed by atoms with van der Waals surface area (Å²) >= 11 is 0. The third kappa shape index (κ3) is 3.54. The Morgan fingerprint density at radius 2 is 1.57 bits per heavy atom. The van der Waals surface area contributed by atoms with Gasteiger partial charge in [0.15, 0.2) is 23.9 Å². The molecule has 2 aromatic rings.